The maximum absolute atomic E-state index is 13.1. The van der Waals surface area contributed by atoms with Crippen LogP contribution in [-0.2, 0) is 14.8 Å². The van der Waals surface area contributed by atoms with E-state index in [0.717, 1.165) is 15.4 Å². The van der Waals surface area contributed by atoms with Crippen molar-refractivity contribution in [1.29, 1.82) is 0 Å². The quantitative estimate of drug-likeness (QED) is 0.429. The average Bonchev–Trinajstić information content (AvgIpc) is 2.79. The highest BCUT2D eigenvalue weighted by atomic mass is 32.2. The zero-order valence-electron chi connectivity index (χ0n) is 19.5. The number of anilines is 1. The van der Waals surface area contributed by atoms with E-state index >= 15 is 0 Å². The van der Waals surface area contributed by atoms with Gasteiger partial charge in [-0.05, 0) is 60.9 Å². The Kier molecular flexibility index (Phi) is 7.83. The minimum atomic E-state index is -3.69. The molecule has 0 bridgehead atoms. The summed E-state index contributed by atoms with van der Waals surface area (Å²) < 4.78 is 25.9. The lowest BCUT2D eigenvalue weighted by atomic mass is 10.1. The monoisotopic (exact) mass is 480 g/mol. The molecule has 0 aliphatic rings. The van der Waals surface area contributed by atoms with Crippen LogP contribution < -0.4 is 16.2 Å². The highest BCUT2D eigenvalue weighted by molar-refractivity contribution is 7.89. The van der Waals surface area contributed by atoms with E-state index < -0.39 is 22.0 Å². The van der Waals surface area contributed by atoms with Gasteiger partial charge < -0.3 is 5.32 Å². The number of carbonyl (C=O) groups excluding carboxylic acids is 2. The zero-order valence-corrected chi connectivity index (χ0v) is 20.3. The molecule has 178 valence electrons. The van der Waals surface area contributed by atoms with Gasteiger partial charge in [-0.2, -0.15) is 0 Å². The Hall–Kier alpha value is -3.53. The number of nitrogens with zero attached hydrogens (tertiary/aromatic N) is 1. The molecule has 2 amide bonds. The zero-order chi connectivity index (χ0) is 24.9. The Labute approximate surface area is 200 Å². The van der Waals surface area contributed by atoms with Crippen LogP contribution in [0.15, 0.2) is 77.7 Å². The first-order valence-corrected chi connectivity index (χ1v) is 12.0. The van der Waals surface area contributed by atoms with Crippen LogP contribution in [0.1, 0.15) is 33.1 Å². The standard InChI is InChI=1S/C25H28N4O4S/c1-17-13-18(2)15-21(14-17)26-25(31)23(19-9-6-5-7-10-19)27-28-24(30)20-11-8-12-22(16-20)34(32,33)29(3)4/h5-16,23,27H,1-4H3,(H,26,31)(H,28,30). The van der Waals surface area contributed by atoms with Gasteiger partial charge in [0.25, 0.3) is 5.91 Å². The Balaban J connectivity index is 1.80. The summed E-state index contributed by atoms with van der Waals surface area (Å²) in [6, 6.07) is 19.5. The van der Waals surface area contributed by atoms with Gasteiger partial charge in [0.2, 0.25) is 15.9 Å². The fraction of sp³-hybridized carbons (Fsp3) is 0.200. The first kappa shape index (κ1) is 25.1. The third-order valence-electron chi connectivity index (χ3n) is 5.09. The summed E-state index contributed by atoms with van der Waals surface area (Å²) in [5, 5.41) is 2.89. The normalized spacial score (nSPS) is 12.3. The van der Waals surface area contributed by atoms with E-state index in [2.05, 4.69) is 16.2 Å². The predicted octanol–water partition coefficient (Wildman–Crippen LogP) is 3.17. The smallest absolute Gasteiger partial charge is 0.265 e. The molecule has 3 aromatic rings. The van der Waals surface area contributed by atoms with E-state index in [9.17, 15) is 18.0 Å². The van der Waals surface area contributed by atoms with Gasteiger partial charge in [0.1, 0.15) is 6.04 Å². The molecule has 0 heterocycles. The molecular weight excluding hydrogens is 452 g/mol. The number of hydrogen-bond donors (Lipinski definition) is 3. The maximum Gasteiger partial charge on any atom is 0.265 e. The lowest BCUT2D eigenvalue weighted by molar-refractivity contribution is -0.118. The van der Waals surface area contributed by atoms with Crippen molar-refractivity contribution < 1.29 is 18.0 Å². The second-order valence-electron chi connectivity index (χ2n) is 8.12. The molecule has 1 unspecified atom stereocenters. The summed E-state index contributed by atoms with van der Waals surface area (Å²) >= 11 is 0. The van der Waals surface area contributed by atoms with Crippen LogP contribution in [0.25, 0.3) is 0 Å². The molecule has 3 N–H and O–H groups in total. The molecule has 0 spiro atoms. The number of amides is 2. The van der Waals surface area contributed by atoms with E-state index in [-0.39, 0.29) is 16.4 Å². The van der Waals surface area contributed by atoms with Gasteiger partial charge in [-0.3, -0.25) is 15.0 Å². The molecule has 9 heteroatoms. The molecule has 3 aromatic carbocycles. The minimum absolute atomic E-state index is 0.00248. The van der Waals surface area contributed by atoms with Gasteiger partial charge in [-0.25, -0.2) is 18.1 Å². The number of benzene rings is 3. The summed E-state index contributed by atoms with van der Waals surface area (Å²) in [5.41, 5.74) is 8.79. The number of hydrazine groups is 1. The fourth-order valence-corrected chi connectivity index (χ4v) is 4.37. The highest BCUT2D eigenvalue weighted by Gasteiger charge is 2.23. The van der Waals surface area contributed by atoms with E-state index in [1.807, 2.05) is 38.1 Å². The van der Waals surface area contributed by atoms with Crippen molar-refractivity contribution >= 4 is 27.5 Å². The third-order valence-corrected chi connectivity index (χ3v) is 6.90. The first-order valence-electron chi connectivity index (χ1n) is 10.6. The van der Waals surface area contributed by atoms with E-state index in [4.69, 9.17) is 0 Å². The second kappa shape index (κ2) is 10.6. The molecule has 0 aliphatic carbocycles. The number of nitrogens with one attached hydrogen (secondary N) is 3. The van der Waals surface area contributed by atoms with Crippen molar-refractivity contribution in [3.8, 4) is 0 Å². The van der Waals surface area contributed by atoms with E-state index in [1.54, 1.807) is 24.3 Å². The SMILES string of the molecule is Cc1cc(C)cc(NC(=O)C(NNC(=O)c2cccc(S(=O)(=O)N(C)C)c2)c2ccccc2)c1. The molecule has 1 atom stereocenters. The van der Waals surface area contributed by atoms with Crippen LogP contribution in [0.5, 0.6) is 0 Å². The number of sulfonamides is 1. The van der Waals surface area contributed by atoms with Crippen molar-refractivity contribution in [1.82, 2.24) is 15.2 Å². The van der Waals surface area contributed by atoms with Crippen molar-refractivity contribution in [3.63, 3.8) is 0 Å². The second-order valence-corrected chi connectivity index (χ2v) is 10.3. The summed E-state index contributed by atoms with van der Waals surface area (Å²) in [4.78, 5) is 25.9. The van der Waals surface area contributed by atoms with Gasteiger partial charge in [0.15, 0.2) is 0 Å². The van der Waals surface area contributed by atoms with Gasteiger partial charge in [0, 0.05) is 25.3 Å². The third kappa shape index (κ3) is 6.07. The topological polar surface area (TPSA) is 108 Å². The molecule has 0 aliphatic heterocycles. The van der Waals surface area contributed by atoms with Gasteiger partial charge >= 0.3 is 0 Å². The lowest BCUT2D eigenvalue weighted by Crippen LogP contribution is -2.44. The molecular formula is C25H28N4O4S. The summed E-state index contributed by atoms with van der Waals surface area (Å²) in [7, 11) is -0.855. The fourth-order valence-electron chi connectivity index (χ4n) is 3.43. The molecule has 34 heavy (non-hydrogen) atoms. The molecule has 0 aromatic heterocycles. The minimum Gasteiger partial charge on any atom is -0.324 e. The Morgan fingerprint density at radius 2 is 1.50 bits per heavy atom. The van der Waals surface area contributed by atoms with Crippen molar-refractivity contribution in [2.45, 2.75) is 24.8 Å². The molecule has 3 rings (SSSR count). The van der Waals surface area contributed by atoms with E-state index in [0.29, 0.717) is 11.3 Å². The number of rotatable bonds is 8. The van der Waals surface area contributed by atoms with Gasteiger partial charge in [0.05, 0.1) is 4.90 Å². The van der Waals surface area contributed by atoms with Crippen LogP contribution in [0.4, 0.5) is 5.69 Å². The van der Waals surface area contributed by atoms with Crippen molar-refractivity contribution in [2.75, 3.05) is 19.4 Å². The first-order chi connectivity index (χ1) is 16.1. The molecule has 0 saturated carbocycles. The maximum atomic E-state index is 13.1. The van der Waals surface area contributed by atoms with Crippen LogP contribution in [-0.4, -0.2) is 38.6 Å². The van der Waals surface area contributed by atoms with Crippen LogP contribution in [0.3, 0.4) is 0 Å². The number of aryl methyl sites for hydroxylation is 2. The number of hydrogen-bond acceptors (Lipinski definition) is 5. The Morgan fingerprint density at radius 3 is 2.12 bits per heavy atom. The largest absolute Gasteiger partial charge is 0.324 e. The Morgan fingerprint density at radius 1 is 0.853 bits per heavy atom. The summed E-state index contributed by atoms with van der Waals surface area (Å²) in [6.07, 6.45) is 0. The van der Waals surface area contributed by atoms with Crippen LogP contribution in [0.2, 0.25) is 0 Å². The molecule has 0 fully saturated rings. The highest BCUT2D eigenvalue weighted by Crippen LogP contribution is 2.19. The summed E-state index contributed by atoms with van der Waals surface area (Å²) in [6.45, 7) is 3.89. The van der Waals surface area contributed by atoms with E-state index in [1.165, 1.54) is 38.4 Å². The van der Waals surface area contributed by atoms with Crippen molar-refractivity contribution in [2.24, 2.45) is 0 Å². The molecule has 0 saturated heterocycles. The van der Waals surface area contributed by atoms with Crippen molar-refractivity contribution in [3.05, 3.63) is 95.1 Å². The van der Waals surface area contributed by atoms with Gasteiger partial charge in [-0.1, -0.05) is 42.5 Å². The van der Waals surface area contributed by atoms with Crippen LogP contribution in [0, 0.1) is 13.8 Å². The number of carbonyl (C=O) groups is 2. The summed E-state index contributed by atoms with van der Waals surface area (Å²) in [5.74, 6) is -0.934. The molecule has 8 nitrogen and oxygen atoms in total. The Bertz CT molecular complexity index is 1270. The lowest BCUT2D eigenvalue weighted by Gasteiger charge is -2.20. The van der Waals surface area contributed by atoms with Gasteiger partial charge in [-0.15, -0.1) is 0 Å². The predicted molar refractivity (Wildman–Crippen MR) is 132 cm³/mol. The average molecular weight is 481 g/mol. The van der Waals surface area contributed by atoms with Crippen LogP contribution >= 0.6 is 0 Å². The molecule has 0 radical (unpaired) electrons.